The molecule has 0 unspecified atom stereocenters. The van der Waals surface area contributed by atoms with Crippen molar-refractivity contribution < 1.29 is 13.2 Å². The number of carbonyl (C=O) groups is 1. The number of rotatable bonds is 5. The minimum Gasteiger partial charge on any atom is -0.347 e. The maximum atomic E-state index is 12.9. The van der Waals surface area contributed by atoms with Gasteiger partial charge in [-0.2, -0.15) is 4.31 Å². The van der Waals surface area contributed by atoms with E-state index in [1.165, 1.54) is 21.7 Å². The Hall–Kier alpha value is -2.03. The maximum absolute atomic E-state index is 12.9. The molecule has 0 aliphatic carbocycles. The zero-order valence-corrected chi connectivity index (χ0v) is 16.1. The Labute approximate surface area is 157 Å². The van der Waals surface area contributed by atoms with Crippen molar-refractivity contribution in [1.82, 2.24) is 14.6 Å². The van der Waals surface area contributed by atoms with Gasteiger partial charge in [-0.1, -0.05) is 12.6 Å². The van der Waals surface area contributed by atoms with Crippen molar-refractivity contribution in [3.8, 4) is 10.6 Å². The number of pyridine rings is 1. The lowest BCUT2D eigenvalue weighted by Crippen LogP contribution is -2.53. The smallest absolute Gasteiger partial charge is 0.252 e. The fourth-order valence-corrected chi connectivity index (χ4v) is 5.80. The maximum Gasteiger partial charge on any atom is 0.252 e. The van der Waals surface area contributed by atoms with Crippen molar-refractivity contribution in [2.75, 3.05) is 13.1 Å². The van der Waals surface area contributed by atoms with Crippen LogP contribution in [0.3, 0.4) is 0 Å². The van der Waals surface area contributed by atoms with Crippen molar-refractivity contribution in [1.29, 1.82) is 0 Å². The van der Waals surface area contributed by atoms with Crippen molar-refractivity contribution in [2.45, 2.75) is 29.5 Å². The van der Waals surface area contributed by atoms with E-state index in [0.717, 1.165) is 10.6 Å². The van der Waals surface area contributed by atoms with Gasteiger partial charge < -0.3 is 5.32 Å². The summed E-state index contributed by atoms with van der Waals surface area (Å²) in [5.41, 5.74) is 0.351. The summed E-state index contributed by atoms with van der Waals surface area (Å²) >= 11 is 1.23. The minimum absolute atomic E-state index is 0.234. The van der Waals surface area contributed by atoms with Gasteiger partial charge in [-0.05, 0) is 50.1 Å². The number of aromatic nitrogens is 1. The molecule has 1 aliphatic heterocycles. The van der Waals surface area contributed by atoms with E-state index in [0.29, 0.717) is 30.1 Å². The molecule has 0 spiro atoms. The number of hydrogen-bond acceptors (Lipinski definition) is 5. The van der Waals surface area contributed by atoms with Crippen LogP contribution in [0, 0.1) is 0 Å². The van der Waals surface area contributed by atoms with Crippen LogP contribution in [-0.4, -0.2) is 42.2 Å². The molecule has 3 heterocycles. The van der Waals surface area contributed by atoms with Crippen LogP contribution in [0.4, 0.5) is 0 Å². The molecule has 1 N–H and O–H groups in total. The molecule has 138 valence electrons. The lowest BCUT2D eigenvalue weighted by atomic mass is 9.90. The van der Waals surface area contributed by atoms with Crippen LogP contribution < -0.4 is 5.32 Å². The van der Waals surface area contributed by atoms with Crippen molar-refractivity contribution in [3.05, 3.63) is 49.2 Å². The number of piperidine rings is 1. The number of carbonyl (C=O) groups excluding carboxylic acids is 1. The van der Waals surface area contributed by atoms with Crippen molar-refractivity contribution in [2.24, 2.45) is 0 Å². The van der Waals surface area contributed by atoms with Gasteiger partial charge in [-0.25, -0.2) is 8.42 Å². The van der Waals surface area contributed by atoms with Gasteiger partial charge in [0.2, 0.25) is 5.91 Å². The van der Waals surface area contributed by atoms with Crippen LogP contribution in [0.2, 0.25) is 0 Å². The molecule has 0 radical (unpaired) electrons. The largest absolute Gasteiger partial charge is 0.347 e. The van der Waals surface area contributed by atoms with Crippen LogP contribution in [0.25, 0.3) is 10.6 Å². The predicted octanol–water partition coefficient (Wildman–Crippen LogP) is 2.66. The highest BCUT2D eigenvalue weighted by molar-refractivity contribution is 7.91. The second-order valence-electron chi connectivity index (χ2n) is 6.49. The summed E-state index contributed by atoms with van der Waals surface area (Å²) in [5.74, 6) is -0.234. The Morgan fingerprint density at radius 2 is 2.04 bits per heavy atom. The summed E-state index contributed by atoms with van der Waals surface area (Å²) in [6, 6.07) is 8.98. The van der Waals surface area contributed by atoms with Gasteiger partial charge in [0.15, 0.2) is 0 Å². The number of sulfonamides is 1. The summed E-state index contributed by atoms with van der Waals surface area (Å²) < 4.78 is 27.7. The number of nitrogens with zero attached hydrogens (tertiary/aromatic N) is 2. The third kappa shape index (κ3) is 3.87. The third-order valence-corrected chi connectivity index (χ3v) is 8.00. The average Bonchev–Trinajstić information content (AvgIpc) is 3.13. The van der Waals surface area contributed by atoms with Gasteiger partial charge in [-0.3, -0.25) is 9.78 Å². The molecule has 8 heteroatoms. The van der Waals surface area contributed by atoms with E-state index >= 15 is 0 Å². The normalized spacial score (nSPS) is 17.6. The second kappa shape index (κ2) is 7.30. The molecule has 6 nitrogen and oxygen atoms in total. The van der Waals surface area contributed by atoms with Gasteiger partial charge in [0.25, 0.3) is 10.0 Å². The van der Waals surface area contributed by atoms with E-state index < -0.39 is 15.6 Å². The van der Waals surface area contributed by atoms with Gasteiger partial charge in [0.1, 0.15) is 4.21 Å². The molecule has 1 fully saturated rings. The summed E-state index contributed by atoms with van der Waals surface area (Å²) in [7, 11) is -3.54. The van der Waals surface area contributed by atoms with E-state index in [4.69, 9.17) is 0 Å². The highest BCUT2D eigenvalue weighted by Gasteiger charge is 2.36. The topological polar surface area (TPSA) is 79.4 Å². The first-order valence-corrected chi connectivity index (χ1v) is 10.6. The minimum atomic E-state index is -3.54. The molecule has 0 aromatic carbocycles. The Balaban J connectivity index is 1.73. The molecule has 1 aliphatic rings. The van der Waals surface area contributed by atoms with E-state index in [1.54, 1.807) is 18.3 Å². The second-order valence-corrected chi connectivity index (χ2v) is 9.74. The molecule has 26 heavy (non-hydrogen) atoms. The van der Waals surface area contributed by atoms with Crippen LogP contribution in [0.5, 0.6) is 0 Å². The van der Waals surface area contributed by atoms with Crippen LogP contribution in [0.1, 0.15) is 19.8 Å². The van der Waals surface area contributed by atoms with Gasteiger partial charge in [0, 0.05) is 24.8 Å². The summed E-state index contributed by atoms with van der Waals surface area (Å²) in [5, 5.41) is 2.90. The Bertz CT molecular complexity index is 899. The summed E-state index contributed by atoms with van der Waals surface area (Å²) in [6.45, 7) is 6.13. The standard InChI is InChI=1S/C18H21N3O3S2/c1-3-16(22)20-18(2)9-12-21(13-10-18)26(23,24)17-8-7-15(25-17)14-6-4-5-11-19-14/h3-8,11H,1,9-10,12-13H2,2H3,(H,20,22). The summed E-state index contributed by atoms with van der Waals surface area (Å²) in [4.78, 5) is 16.6. The molecule has 2 aromatic rings. The summed E-state index contributed by atoms with van der Waals surface area (Å²) in [6.07, 6.45) is 4.04. The molecule has 0 bridgehead atoms. The van der Waals surface area contributed by atoms with Gasteiger partial charge in [-0.15, -0.1) is 11.3 Å². The average molecular weight is 392 g/mol. The third-order valence-electron chi connectivity index (χ3n) is 4.53. The molecule has 1 amide bonds. The van der Waals surface area contributed by atoms with Crippen LogP contribution in [-0.2, 0) is 14.8 Å². The van der Waals surface area contributed by atoms with Crippen LogP contribution in [0.15, 0.2) is 53.4 Å². The lowest BCUT2D eigenvalue weighted by Gasteiger charge is -2.38. The first-order valence-electron chi connectivity index (χ1n) is 8.30. The first kappa shape index (κ1) is 18.8. The lowest BCUT2D eigenvalue weighted by molar-refractivity contribution is -0.118. The molecule has 1 saturated heterocycles. The van der Waals surface area contributed by atoms with E-state index in [9.17, 15) is 13.2 Å². The molecule has 3 rings (SSSR count). The quantitative estimate of drug-likeness (QED) is 0.795. The zero-order chi connectivity index (χ0) is 18.8. The van der Waals surface area contributed by atoms with Crippen molar-refractivity contribution in [3.63, 3.8) is 0 Å². The monoisotopic (exact) mass is 391 g/mol. The van der Waals surface area contributed by atoms with Crippen molar-refractivity contribution >= 4 is 27.3 Å². The zero-order valence-electron chi connectivity index (χ0n) is 14.5. The van der Waals surface area contributed by atoms with Gasteiger partial charge >= 0.3 is 0 Å². The SMILES string of the molecule is C=CC(=O)NC1(C)CCN(S(=O)(=O)c2ccc(-c3ccccn3)s2)CC1. The highest BCUT2D eigenvalue weighted by Crippen LogP contribution is 2.33. The number of nitrogens with one attached hydrogen (secondary N) is 1. The van der Waals surface area contributed by atoms with Gasteiger partial charge in [0.05, 0.1) is 10.6 Å². The fourth-order valence-electron chi connectivity index (χ4n) is 2.93. The molecule has 0 saturated carbocycles. The van der Waals surface area contributed by atoms with E-state index in [1.807, 2.05) is 25.1 Å². The number of amides is 1. The molecule has 2 aromatic heterocycles. The molecule has 0 atom stereocenters. The molecular formula is C18H21N3O3S2. The highest BCUT2D eigenvalue weighted by atomic mass is 32.2. The fraction of sp³-hybridized carbons (Fsp3) is 0.333. The molecular weight excluding hydrogens is 370 g/mol. The van der Waals surface area contributed by atoms with Crippen LogP contribution >= 0.6 is 11.3 Å². The van der Waals surface area contributed by atoms with E-state index in [-0.39, 0.29) is 5.91 Å². The number of thiophene rings is 1. The first-order chi connectivity index (χ1) is 12.3. The predicted molar refractivity (Wildman–Crippen MR) is 102 cm³/mol. The Morgan fingerprint density at radius 3 is 2.65 bits per heavy atom. The number of hydrogen-bond donors (Lipinski definition) is 1. The Morgan fingerprint density at radius 1 is 1.31 bits per heavy atom. The Kier molecular flexibility index (Phi) is 5.27. The van der Waals surface area contributed by atoms with E-state index in [2.05, 4.69) is 16.9 Å².